The van der Waals surface area contributed by atoms with Gasteiger partial charge in [0.1, 0.15) is 5.52 Å². The third-order valence-corrected chi connectivity index (χ3v) is 3.54. The number of carbonyl (C=O) groups excluding carboxylic acids is 1. The third kappa shape index (κ3) is 3.80. The summed E-state index contributed by atoms with van der Waals surface area (Å²) in [6.07, 6.45) is 1.48. The first-order valence-corrected chi connectivity index (χ1v) is 8.05. The number of carbonyl (C=O) groups is 1. The maximum atomic E-state index is 11.8. The number of ether oxygens (including phenoxy) is 1. The highest BCUT2D eigenvalue weighted by molar-refractivity contribution is 5.89. The molecular weight excluding hydrogens is 334 g/mol. The summed E-state index contributed by atoms with van der Waals surface area (Å²) in [5, 5.41) is 15.1. The standard InChI is InChI=1S/C18H19N5O3/c1-10(2)20-18(25)23-16-9-19-13-6-5-12(21-17(13)22-16)11-4-7-14(24)15(8-11)26-3/h4-10,24H,1-3H3,(H2,20,21,22,23,25). The SMILES string of the molecule is COc1cc(-c2ccc3ncc(NC(=O)NC(C)C)nc3n2)ccc1O. The number of hydrogen-bond acceptors (Lipinski definition) is 6. The molecule has 134 valence electrons. The Morgan fingerprint density at radius 3 is 2.73 bits per heavy atom. The van der Waals surface area contributed by atoms with Gasteiger partial charge in [-0.1, -0.05) is 0 Å². The molecule has 1 aromatic carbocycles. The number of anilines is 1. The first kappa shape index (κ1) is 17.4. The molecule has 0 atom stereocenters. The van der Waals surface area contributed by atoms with E-state index >= 15 is 0 Å². The quantitative estimate of drug-likeness (QED) is 0.665. The predicted octanol–water partition coefficient (Wildman–Crippen LogP) is 2.94. The predicted molar refractivity (Wildman–Crippen MR) is 98.3 cm³/mol. The van der Waals surface area contributed by atoms with Gasteiger partial charge >= 0.3 is 6.03 Å². The van der Waals surface area contributed by atoms with Crippen LogP contribution >= 0.6 is 0 Å². The first-order valence-electron chi connectivity index (χ1n) is 8.05. The minimum Gasteiger partial charge on any atom is -0.504 e. The van der Waals surface area contributed by atoms with E-state index in [1.807, 2.05) is 13.8 Å². The largest absolute Gasteiger partial charge is 0.504 e. The zero-order valence-corrected chi connectivity index (χ0v) is 14.6. The van der Waals surface area contributed by atoms with Crippen LogP contribution in [0.1, 0.15) is 13.8 Å². The van der Waals surface area contributed by atoms with Crippen molar-refractivity contribution in [3.8, 4) is 22.8 Å². The van der Waals surface area contributed by atoms with Crippen LogP contribution in [0.2, 0.25) is 0 Å². The second kappa shape index (κ2) is 7.22. The highest BCUT2D eigenvalue weighted by Crippen LogP contribution is 2.31. The first-order chi connectivity index (χ1) is 12.5. The summed E-state index contributed by atoms with van der Waals surface area (Å²) in [7, 11) is 1.48. The fourth-order valence-electron chi connectivity index (χ4n) is 2.37. The van der Waals surface area contributed by atoms with Crippen molar-refractivity contribution in [2.75, 3.05) is 12.4 Å². The number of amides is 2. The molecule has 26 heavy (non-hydrogen) atoms. The lowest BCUT2D eigenvalue weighted by atomic mass is 10.1. The summed E-state index contributed by atoms with van der Waals surface area (Å²) in [6, 6.07) is 8.22. The number of nitrogens with one attached hydrogen (secondary N) is 2. The summed E-state index contributed by atoms with van der Waals surface area (Å²) in [5.74, 6) is 0.722. The van der Waals surface area contributed by atoms with Crippen LogP contribution in [0.25, 0.3) is 22.4 Å². The highest BCUT2D eigenvalue weighted by Gasteiger charge is 2.10. The average Bonchev–Trinajstić information content (AvgIpc) is 2.60. The number of fused-ring (bicyclic) bond motifs is 1. The molecule has 0 aliphatic heterocycles. The van der Waals surface area contributed by atoms with E-state index in [9.17, 15) is 9.90 Å². The molecule has 8 nitrogen and oxygen atoms in total. The molecule has 0 saturated carbocycles. The van der Waals surface area contributed by atoms with Gasteiger partial charge in [0.25, 0.3) is 0 Å². The Hall–Kier alpha value is -3.42. The fourth-order valence-corrected chi connectivity index (χ4v) is 2.37. The van der Waals surface area contributed by atoms with Crippen molar-refractivity contribution in [3.05, 3.63) is 36.5 Å². The third-order valence-electron chi connectivity index (χ3n) is 3.54. The molecule has 8 heteroatoms. The summed E-state index contributed by atoms with van der Waals surface area (Å²) in [6.45, 7) is 3.73. The number of methoxy groups -OCH3 is 1. The van der Waals surface area contributed by atoms with Gasteiger partial charge in [-0.05, 0) is 44.2 Å². The van der Waals surface area contributed by atoms with Crippen molar-refractivity contribution < 1.29 is 14.6 Å². The van der Waals surface area contributed by atoms with Crippen molar-refractivity contribution in [2.45, 2.75) is 19.9 Å². The number of aromatic hydroxyl groups is 1. The van der Waals surface area contributed by atoms with Crippen molar-refractivity contribution in [1.82, 2.24) is 20.3 Å². The second-order valence-electron chi connectivity index (χ2n) is 5.93. The van der Waals surface area contributed by atoms with E-state index in [1.165, 1.54) is 13.3 Å². The van der Waals surface area contributed by atoms with Gasteiger partial charge in [0.15, 0.2) is 23.0 Å². The van der Waals surface area contributed by atoms with Crippen LogP contribution in [-0.4, -0.2) is 39.2 Å². The molecule has 0 saturated heterocycles. The molecule has 0 fully saturated rings. The number of hydrogen-bond donors (Lipinski definition) is 3. The summed E-state index contributed by atoms with van der Waals surface area (Å²) < 4.78 is 5.13. The summed E-state index contributed by atoms with van der Waals surface area (Å²) in [5.41, 5.74) is 2.42. The van der Waals surface area contributed by atoms with Crippen LogP contribution in [0.15, 0.2) is 36.5 Å². The molecule has 0 spiro atoms. The van der Waals surface area contributed by atoms with Crippen LogP contribution in [-0.2, 0) is 0 Å². The number of aromatic nitrogens is 3. The molecule has 2 amide bonds. The number of benzene rings is 1. The Morgan fingerprint density at radius 2 is 2.00 bits per heavy atom. The maximum Gasteiger partial charge on any atom is 0.320 e. The van der Waals surface area contributed by atoms with Gasteiger partial charge in [0, 0.05) is 11.6 Å². The number of nitrogens with zero attached hydrogens (tertiary/aromatic N) is 3. The van der Waals surface area contributed by atoms with E-state index in [4.69, 9.17) is 4.74 Å². The van der Waals surface area contributed by atoms with Crippen LogP contribution < -0.4 is 15.4 Å². The van der Waals surface area contributed by atoms with Gasteiger partial charge in [-0.2, -0.15) is 0 Å². The Morgan fingerprint density at radius 1 is 1.19 bits per heavy atom. The Labute approximate surface area is 150 Å². The monoisotopic (exact) mass is 353 g/mol. The Bertz CT molecular complexity index is 959. The van der Waals surface area contributed by atoms with Gasteiger partial charge in [-0.25, -0.2) is 19.7 Å². The summed E-state index contributed by atoms with van der Waals surface area (Å²) >= 11 is 0. The molecule has 3 aromatic rings. The number of pyridine rings is 1. The molecule has 3 N–H and O–H groups in total. The second-order valence-corrected chi connectivity index (χ2v) is 5.93. The lowest BCUT2D eigenvalue weighted by Crippen LogP contribution is -2.34. The lowest BCUT2D eigenvalue weighted by molar-refractivity contribution is 0.250. The van der Waals surface area contributed by atoms with Crippen molar-refractivity contribution in [1.29, 1.82) is 0 Å². The Kier molecular flexibility index (Phi) is 4.83. The van der Waals surface area contributed by atoms with Crippen LogP contribution in [0, 0.1) is 0 Å². The zero-order chi connectivity index (χ0) is 18.7. The molecule has 2 heterocycles. The van der Waals surface area contributed by atoms with Crippen molar-refractivity contribution >= 4 is 23.0 Å². The average molecular weight is 353 g/mol. The van der Waals surface area contributed by atoms with E-state index in [0.29, 0.717) is 28.4 Å². The molecular formula is C18H19N5O3. The minimum absolute atomic E-state index is 0.0117. The minimum atomic E-state index is -0.354. The molecule has 0 radical (unpaired) electrons. The molecule has 0 aliphatic carbocycles. The zero-order valence-electron chi connectivity index (χ0n) is 14.6. The molecule has 0 aliphatic rings. The smallest absolute Gasteiger partial charge is 0.320 e. The topological polar surface area (TPSA) is 109 Å². The maximum absolute atomic E-state index is 11.8. The summed E-state index contributed by atoms with van der Waals surface area (Å²) in [4.78, 5) is 24.9. The number of rotatable bonds is 4. The van der Waals surface area contributed by atoms with Gasteiger partial charge in [0.2, 0.25) is 0 Å². The van der Waals surface area contributed by atoms with Crippen LogP contribution in [0.3, 0.4) is 0 Å². The molecule has 2 aromatic heterocycles. The van der Waals surface area contributed by atoms with E-state index in [2.05, 4.69) is 25.6 Å². The van der Waals surface area contributed by atoms with Gasteiger partial charge in [0.05, 0.1) is 19.0 Å². The van der Waals surface area contributed by atoms with E-state index in [1.54, 1.807) is 30.3 Å². The highest BCUT2D eigenvalue weighted by atomic mass is 16.5. The Balaban J connectivity index is 1.93. The fraction of sp³-hybridized carbons (Fsp3) is 0.222. The molecule has 0 unspecified atom stereocenters. The van der Waals surface area contributed by atoms with Gasteiger partial charge in [-0.3, -0.25) is 5.32 Å². The van der Waals surface area contributed by atoms with Crippen molar-refractivity contribution in [3.63, 3.8) is 0 Å². The van der Waals surface area contributed by atoms with Gasteiger partial charge in [-0.15, -0.1) is 0 Å². The number of phenols is 1. The molecule has 0 bridgehead atoms. The number of urea groups is 1. The van der Waals surface area contributed by atoms with E-state index in [0.717, 1.165) is 5.56 Å². The van der Waals surface area contributed by atoms with Gasteiger partial charge < -0.3 is 15.2 Å². The van der Waals surface area contributed by atoms with Crippen molar-refractivity contribution in [2.24, 2.45) is 0 Å². The van der Waals surface area contributed by atoms with Crippen LogP contribution in [0.4, 0.5) is 10.6 Å². The van der Waals surface area contributed by atoms with E-state index < -0.39 is 0 Å². The molecule has 3 rings (SSSR count). The van der Waals surface area contributed by atoms with Crippen LogP contribution in [0.5, 0.6) is 11.5 Å². The van der Waals surface area contributed by atoms with E-state index in [-0.39, 0.29) is 17.8 Å². The normalized spacial score (nSPS) is 10.8. The lowest BCUT2D eigenvalue weighted by Gasteiger charge is -2.10. The number of phenolic OH excluding ortho intramolecular Hbond substituents is 1.